The Morgan fingerprint density at radius 3 is 2.47 bits per heavy atom. The highest BCUT2D eigenvalue weighted by Gasteiger charge is 2.52. The second-order valence-electron chi connectivity index (χ2n) is 13.1. The Bertz CT molecular complexity index is 1120. The minimum absolute atomic E-state index is 0.0254. The summed E-state index contributed by atoms with van der Waals surface area (Å²) in [6.45, 7) is 4.34. The van der Waals surface area contributed by atoms with Crippen molar-refractivity contribution in [2.75, 3.05) is 26.8 Å². The largest absolute Gasteiger partial charge is 0.497 e. The van der Waals surface area contributed by atoms with E-state index in [0.717, 1.165) is 18.4 Å². The first-order valence-electron chi connectivity index (χ1n) is 15.6. The fourth-order valence-electron chi connectivity index (χ4n) is 6.36. The van der Waals surface area contributed by atoms with E-state index >= 15 is 0 Å². The smallest absolute Gasteiger partial charge is 0.411 e. The number of carbonyl (C=O) groups is 3. The number of amides is 3. The van der Waals surface area contributed by atoms with Crippen LogP contribution in [-0.2, 0) is 20.7 Å². The van der Waals surface area contributed by atoms with Crippen molar-refractivity contribution in [2.45, 2.75) is 102 Å². The number of hydrogen-bond donors (Lipinski definition) is 3. The number of alkyl halides is 2. The number of ether oxygens (including phenoxy) is 2. The van der Waals surface area contributed by atoms with Crippen LogP contribution in [-0.4, -0.2) is 78.3 Å². The standard InChI is InChI=1S/C32H47F2N3O6/c1-21(2)15-27(29(40)36-25(20-38)17-24-9-14-35-28(24)39)43-30(41)37(19-22-7-10-32(33,34)11-8-22)31(12-13-31)18-23-5-4-6-26(16-23)42-3/h4-6,16,21-22,24-25,27,38H,7-15,17-20H2,1-3H3,(H,35,39)(H,36,40)/t24-,25-,27-/m0/s1. The average Bonchev–Trinajstić information content (AvgIpc) is 3.63. The average molecular weight is 608 g/mol. The molecule has 0 spiro atoms. The van der Waals surface area contributed by atoms with Gasteiger partial charge in [0.2, 0.25) is 11.8 Å². The zero-order chi connectivity index (χ0) is 31.2. The topological polar surface area (TPSA) is 117 Å². The molecule has 9 nitrogen and oxygen atoms in total. The molecule has 2 saturated carbocycles. The van der Waals surface area contributed by atoms with Crippen LogP contribution in [0.2, 0.25) is 0 Å². The van der Waals surface area contributed by atoms with Crippen molar-refractivity contribution < 1.29 is 37.7 Å². The highest BCUT2D eigenvalue weighted by molar-refractivity contribution is 5.84. The molecule has 3 atom stereocenters. The molecule has 1 aromatic rings. The summed E-state index contributed by atoms with van der Waals surface area (Å²) >= 11 is 0. The molecule has 3 amide bonds. The first-order valence-corrected chi connectivity index (χ1v) is 15.6. The Hall–Kier alpha value is -2.95. The summed E-state index contributed by atoms with van der Waals surface area (Å²) in [5.41, 5.74) is 0.453. The number of rotatable bonds is 14. The van der Waals surface area contributed by atoms with E-state index in [0.29, 0.717) is 44.4 Å². The van der Waals surface area contributed by atoms with Gasteiger partial charge in [0.15, 0.2) is 6.10 Å². The number of nitrogens with zero attached hydrogens (tertiary/aromatic N) is 1. The maximum atomic E-state index is 14.0. The maximum absolute atomic E-state index is 14.0. The number of aliphatic hydroxyl groups is 1. The number of hydrogen-bond acceptors (Lipinski definition) is 6. The summed E-state index contributed by atoms with van der Waals surface area (Å²) in [5.74, 6) is -2.95. The maximum Gasteiger partial charge on any atom is 0.411 e. The van der Waals surface area contributed by atoms with Crippen molar-refractivity contribution >= 4 is 17.9 Å². The van der Waals surface area contributed by atoms with Crippen LogP contribution < -0.4 is 15.4 Å². The Balaban J connectivity index is 1.50. The third kappa shape index (κ3) is 9.03. The third-order valence-electron chi connectivity index (χ3n) is 9.08. The molecule has 3 N–H and O–H groups in total. The molecular weight excluding hydrogens is 560 g/mol. The lowest BCUT2D eigenvalue weighted by atomic mass is 9.86. The molecule has 0 aromatic heterocycles. The lowest BCUT2D eigenvalue weighted by Crippen LogP contribution is -2.51. The van der Waals surface area contributed by atoms with E-state index in [2.05, 4.69) is 10.6 Å². The van der Waals surface area contributed by atoms with Crippen LogP contribution in [0.25, 0.3) is 0 Å². The first kappa shape index (κ1) is 33.0. The minimum Gasteiger partial charge on any atom is -0.497 e. The van der Waals surface area contributed by atoms with Crippen molar-refractivity contribution in [1.29, 1.82) is 0 Å². The molecule has 4 rings (SSSR count). The van der Waals surface area contributed by atoms with E-state index in [9.17, 15) is 28.3 Å². The molecule has 0 unspecified atom stereocenters. The summed E-state index contributed by atoms with van der Waals surface area (Å²) in [6, 6.07) is 7.00. The zero-order valence-corrected chi connectivity index (χ0v) is 25.6. The van der Waals surface area contributed by atoms with Crippen molar-refractivity contribution in [3.8, 4) is 5.75 Å². The van der Waals surface area contributed by atoms with E-state index < -0.39 is 35.6 Å². The van der Waals surface area contributed by atoms with Gasteiger partial charge < -0.3 is 30.1 Å². The van der Waals surface area contributed by atoms with Crippen molar-refractivity contribution in [2.24, 2.45) is 17.8 Å². The van der Waals surface area contributed by atoms with Gasteiger partial charge in [0, 0.05) is 31.8 Å². The number of methoxy groups -OCH3 is 1. The summed E-state index contributed by atoms with van der Waals surface area (Å²) in [5, 5.41) is 15.5. The fraction of sp³-hybridized carbons (Fsp3) is 0.719. The third-order valence-corrected chi connectivity index (χ3v) is 9.08. The lowest BCUT2D eigenvalue weighted by molar-refractivity contribution is -0.133. The van der Waals surface area contributed by atoms with Crippen LogP contribution in [0.15, 0.2) is 24.3 Å². The summed E-state index contributed by atoms with van der Waals surface area (Å²) in [7, 11) is 1.60. The molecule has 43 heavy (non-hydrogen) atoms. The van der Waals surface area contributed by atoms with Gasteiger partial charge in [0.05, 0.1) is 25.3 Å². The Morgan fingerprint density at radius 2 is 1.88 bits per heavy atom. The van der Waals surface area contributed by atoms with Crippen LogP contribution in [0.3, 0.4) is 0 Å². The van der Waals surface area contributed by atoms with Crippen molar-refractivity contribution in [3.05, 3.63) is 29.8 Å². The van der Waals surface area contributed by atoms with E-state index in [1.54, 1.807) is 12.0 Å². The van der Waals surface area contributed by atoms with Gasteiger partial charge >= 0.3 is 6.09 Å². The van der Waals surface area contributed by atoms with Gasteiger partial charge in [-0.3, -0.25) is 9.59 Å². The number of benzene rings is 1. The van der Waals surface area contributed by atoms with Crippen molar-refractivity contribution in [1.82, 2.24) is 15.5 Å². The normalized spacial score (nSPS) is 22.4. The monoisotopic (exact) mass is 607 g/mol. The highest BCUT2D eigenvalue weighted by atomic mass is 19.3. The molecule has 2 aliphatic carbocycles. The second-order valence-corrected chi connectivity index (χ2v) is 13.1. The molecule has 11 heteroatoms. The quantitative estimate of drug-likeness (QED) is 0.288. The lowest BCUT2D eigenvalue weighted by Gasteiger charge is -2.37. The minimum atomic E-state index is -2.68. The van der Waals surface area contributed by atoms with Crippen LogP contribution in [0.5, 0.6) is 5.75 Å². The predicted octanol–water partition coefficient (Wildman–Crippen LogP) is 4.45. The number of nitrogens with one attached hydrogen (secondary N) is 2. The van der Waals surface area contributed by atoms with Gasteiger partial charge in [-0.25, -0.2) is 13.6 Å². The zero-order valence-electron chi connectivity index (χ0n) is 25.6. The van der Waals surface area contributed by atoms with Gasteiger partial charge in [-0.15, -0.1) is 0 Å². The van der Waals surface area contributed by atoms with Crippen LogP contribution in [0.1, 0.15) is 77.2 Å². The van der Waals surface area contributed by atoms with E-state index in [4.69, 9.17) is 9.47 Å². The molecule has 0 radical (unpaired) electrons. The molecule has 3 fully saturated rings. The van der Waals surface area contributed by atoms with E-state index in [1.165, 1.54) is 0 Å². The fourth-order valence-corrected chi connectivity index (χ4v) is 6.36. The van der Waals surface area contributed by atoms with E-state index in [1.807, 2.05) is 38.1 Å². The molecule has 1 saturated heterocycles. The Morgan fingerprint density at radius 1 is 1.16 bits per heavy atom. The number of halogens is 2. The molecule has 0 bridgehead atoms. The van der Waals surface area contributed by atoms with Gasteiger partial charge in [0.25, 0.3) is 5.91 Å². The van der Waals surface area contributed by atoms with E-state index in [-0.39, 0.29) is 56.1 Å². The van der Waals surface area contributed by atoms with Crippen molar-refractivity contribution in [3.63, 3.8) is 0 Å². The van der Waals surface area contributed by atoms with Gasteiger partial charge in [0.1, 0.15) is 5.75 Å². The Kier molecular flexibility index (Phi) is 10.9. The molecule has 240 valence electrons. The highest BCUT2D eigenvalue weighted by Crippen LogP contribution is 2.47. The summed E-state index contributed by atoms with van der Waals surface area (Å²) in [4.78, 5) is 41.1. The number of carbonyl (C=O) groups excluding carboxylic acids is 3. The number of aliphatic hydroxyl groups excluding tert-OH is 1. The van der Waals surface area contributed by atoms with Gasteiger partial charge in [-0.2, -0.15) is 0 Å². The molecule has 1 aromatic carbocycles. The predicted molar refractivity (Wildman–Crippen MR) is 157 cm³/mol. The molecular formula is C32H47F2N3O6. The second kappa shape index (κ2) is 14.2. The van der Waals surface area contributed by atoms with Gasteiger partial charge in [-0.1, -0.05) is 26.0 Å². The van der Waals surface area contributed by atoms with Gasteiger partial charge in [-0.05, 0) is 80.9 Å². The Labute approximate surface area is 253 Å². The molecule has 3 aliphatic rings. The summed E-state index contributed by atoms with van der Waals surface area (Å²) < 4.78 is 39.2. The SMILES string of the molecule is COc1cccc(CC2(N(CC3CCC(F)(F)CC3)C(=O)O[C@@H](CC(C)C)C(=O)N[C@H](CO)C[C@@H]3CCNC3=O)CC2)c1. The molecule has 1 aliphatic heterocycles. The van der Waals surface area contributed by atoms with Crippen LogP contribution in [0.4, 0.5) is 13.6 Å². The summed E-state index contributed by atoms with van der Waals surface area (Å²) in [6.07, 6.45) is 1.70. The van der Waals surface area contributed by atoms with Crippen LogP contribution >= 0.6 is 0 Å². The van der Waals surface area contributed by atoms with Crippen LogP contribution in [0, 0.1) is 17.8 Å². The molecule has 1 heterocycles. The first-order chi connectivity index (χ1) is 20.4.